The highest BCUT2D eigenvalue weighted by Gasteiger charge is 2.31. The summed E-state index contributed by atoms with van der Waals surface area (Å²) in [6, 6.07) is 0. The lowest BCUT2D eigenvalue weighted by molar-refractivity contribution is 0.237. The van der Waals surface area contributed by atoms with E-state index in [1.165, 1.54) is 44.9 Å². The Balaban J connectivity index is 2.52. The van der Waals surface area contributed by atoms with E-state index >= 15 is 0 Å². The first kappa shape index (κ1) is 15.5. The topological polar surface area (TPSA) is 0 Å². The molecule has 0 bridgehead atoms. The van der Waals surface area contributed by atoms with Crippen LogP contribution in [0.1, 0.15) is 65.2 Å². The second-order valence-electron chi connectivity index (χ2n) is 6.24. The predicted octanol–water partition coefficient (Wildman–Crippen LogP) is 6.00. The molecule has 1 fully saturated rings. The van der Waals surface area contributed by atoms with Gasteiger partial charge in [0.1, 0.15) is 0 Å². The standard InChI is InChI=1S/C18H32/c1-5-8-9-11-17(7-3)18(14-16-12-13-16)15(4)10-6-2/h6-7,15-18H,2-3,5,8-14H2,1,4H3. The molecule has 1 saturated carbocycles. The van der Waals surface area contributed by atoms with Gasteiger partial charge in [-0.1, -0.05) is 58.1 Å². The zero-order valence-corrected chi connectivity index (χ0v) is 12.5. The minimum atomic E-state index is 0.729. The van der Waals surface area contributed by atoms with Gasteiger partial charge in [0.25, 0.3) is 0 Å². The van der Waals surface area contributed by atoms with Crippen molar-refractivity contribution in [2.45, 2.75) is 65.2 Å². The van der Waals surface area contributed by atoms with E-state index in [4.69, 9.17) is 0 Å². The lowest BCUT2D eigenvalue weighted by Gasteiger charge is -2.30. The van der Waals surface area contributed by atoms with Gasteiger partial charge in [-0.15, -0.1) is 13.2 Å². The molecule has 0 heterocycles. The van der Waals surface area contributed by atoms with Gasteiger partial charge >= 0.3 is 0 Å². The highest BCUT2D eigenvalue weighted by Crippen LogP contribution is 2.42. The van der Waals surface area contributed by atoms with Gasteiger partial charge in [0.2, 0.25) is 0 Å². The van der Waals surface area contributed by atoms with E-state index in [-0.39, 0.29) is 0 Å². The van der Waals surface area contributed by atoms with Crippen LogP contribution in [0.5, 0.6) is 0 Å². The summed E-state index contributed by atoms with van der Waals surface area (Å²) in [7, 11) is 0. The van der Waals surface area contributed by atoms with Crippen LogP contribution in [0.25, 0.3) is 0 Å². The third-order valence-corrected chi connectivity index (χ3v) is 4.57. The minimum Gasteiger partial charge on any atom is -0.103 e. The Hall–Kier alpha value is -0.520. The Bertz CT molecular complexity index is 236. The van der Waals surface area contributed by atoms with Crippen molar-refractivity contribution in [1.82, 2.24) is 0 Å². The van der Waals surface area contributed by atoms with E-state index in [9.17, 15) is 0 Å². The summed E-state index contributed by atoms with van der Waals surface area (Å²) >= 11 is 0. The molecular formula is C18H32. The number of hydrogen-bond donors (Lipinski definition) is 0. The monoisotopic (exact) mass is 248 g/mol. The fourth-order valence-electron chi connectivity index (χ4n) is 3.14. The van der Waals surface area contributed by atoms with Crippen molar-refractivity contribution >= 4 is 0 Å². The molecule has 0 heteroatoms. The second kappa shape index (κ2) is 8.56. The van der Waals surface area contributed by atoms with Gasteiger partial charge < -0.3 is 0 Å². The largest absolute Gasteiger partial charge is 0.103 e. The Morgan fingerprint density at radius 2 is 1.94 bits per heavy atom. The maximum absolute atomic E-state index is 4.11. The van der Waals surface area contributed by atoms with Crippen LogP contribution in [0.2, 0.25) is 0 Å². The summed E-state index contributed by atoms with van der Waals surface area (Å²) in [5.41, 5.74) is 0. The first-order valence-corrected chi connectivity index (χ1v) is 7.96. The summed E-state index contributed by atoms with van der Waals surface area (Å²) in [6.07, 6.45) is 15.3. The maximum atomic E-state index is 4.11. The van der Waals surface area contributed by atoms with Crippen molar-refractivity contribution in [3.8, 4) is 0 Å². The molecule has 3 atom stereocenters. The van der Waals surface area contributed by atoms with E-state index < -0.39 is 0 Å². The highest BCUT2D eigenvalue weighted by molar-refractivity contribution is 4.91. The molecule has 0 nitrogen and oxygen atoms in total. The van der Waals surface area contributed by atoms with E-state index in [2.05, 4.69) is 39.2 Å². The average Bonchev–Trinajstić information content (AvgIpc) is 3.17. The van der Waals surface area contributed by atoms with Gasteiger partial charge in [0.15, 0.2) is 0 Å². The quantitative estimate of drug-likeness (QED) is 0.311. The van der Waals surface area contributed by atoms with Crippen LogP contribution in [0.3, 0.4) is 0 Å². The average molecular weight is 248 g/mol. The third-order valence-electron chi connectivity index (χ3n) is 4.57. The van der Waals surface area contributed by atoms with E-state index in [0.717, 1.165) is 30.1 Å². The highest BCUT2D eigenvalue weighted by atomic mass is 14.4. The predicted molar refractivity (Wildman–Crippen MR) is 82.6 cm³/mol. The minimum absolute atomic E-state index is 0.729. The van der Waals surface area contributed by atoms with Crippen LogP contribution in [0, 0.1) is 23.7 Å². The van der Waals surface area contributed by atoms with Crippen LogP contribution in [-0.4, -0.2) is 0 Å². The molecule has 18 heavy (non-hydrogen) atoms. The molecule has 0 aromatic heterocycles. The van der Waals surface area contributed by atoms with Gasteiger partial charge in [0, 0.05) is 0 Å². The SMILES string of the molecule is C=CCC(C)C(CC1CC1)C(C=C)CCCCC. The van der Waals surface area contributed by atoms with Gasteiger partial charge in [-0.3, -0.25) is 0 Å². The smallest absolute Gasteiger partial charge is 0.0205 e. The van der Waals surface area contributed by atoms with Crippen LogP contribution >= 0.6 is 0 Å². The Kier molecular flexibility index (Phi) is 7.39. The molecular weight excluding hydrogens is 216 g/mol. The van der Waals surface area contributed by atoms with Crippen LogP contribution in [0.4, 0.5) is 0 Å². The first-order valence-electron chi connectivity index (χ1n) is 7.96. The molecule has 0 N–H and O–H groups in total. The van der Waals surface area contributed by atoms with E-state index in [1.54, 1.807) is 0 Å². The molecule has 3 unspecified atom stereocenters. The van der Waals surface area contributed by atoms with Crippen molar-refractivity contribution in [2.75, 3.05) is 0 Å². The van der Waals surface area contributed by atoms with Crippen LogP contribution < -0.4 is 0 Å². The molecule has 0 aromatic carbocycles. The van der Waals surface area contributed by atoms with Crippen molar-refractivity contribution in [3.05, 3.63) is 25.3 Å². The number of unbranched alkanes of at least 4 members (excludes halogenated alkanes) is 2. The normalized spacial score (nSPS) is 20.1. The fraction of sp³-hybridized carbons (Fsp3) is 0.778. The molecule has 0 spiro atoms. The Labute approximate surface area is 115 Å². The van der Waals surface area contributed by atoms with Crippen LogP contribution in [-0.2, 0) is 0 Å². The third kappa shape index (κ3) is 5.42. The molecule has 0 aromatic rings. The Morgan fingerprint density at radius 1 is 1.22 bits per heavy atom. The summed E-state index contributed by atoms with van der Waals surface area (Å²) in [5, 5.41) is 0. The molecule has 0 amide bonds. The number of hydrogen-bond acceptors (Lipinski definition) is 0. The van der Waals surface area contributed by atoms with Crippen molar-refractivity contribution < 1.29 is 0 Å². The molecule has 0 saturated heterocycles. The molecule has 0 aliphatic heterocycles. The number of rotatable bonds is 11. The fourth-order valence-corrected chi connectivity index (χ4v) is 3.14. The second-order valence-corrected chi connectivity index (χ2v) is 6.24. The molecule has 104 valence electrons. The van der Waals surface area contributed by atoms with Crippen molar-refractivity contribution in [1.29, 1.82) is 0 Å². The summed E-state index contributed by atoms with van der Waals surface area (Å²) in [5.74, 6) is 3.36. The summed E-state index contributed by atoms with van der Waals surface area (Å²) in [6.45, 7) is 12.7. The molecule has 1 aliphatic rings. The molecule has 0 radical (unpaired) electrons. The maximum Gasteiger partial charge on any atom is -0.0205 e. The van der Waals surface area contributed by atoms with Crippen molar-refractivity contribution in [2.24, 2.45) is 23.7 Å². The summed E-state index contributed by atoms with van der Waals surface area (Å²) < 4.78 is 0. The summed E-state index contributed by atoms with van der Waals surface area (Å²) in [4.78, 5) is 0. The molecule has 1 rings (SSSR count). The first-order chi connectivity index (χ1) is 8.72. The van der Waals surface area contributed by atoms with Crippen LogP contribution in [0.15, 0.2) is 25.3 Å². The lowest BCUT2D eigenvalue weighted by Crippen LogP contribution is -2.21. The number of allylic oxidation sites excluding steroid dienone is 2. The van der Waals surface area contributed by atoms with E-state index in [1.807, 2.05) is 0 Å². The van der Waals surface area contributed by atoms with Gasteiger partial charge in [-0.2, -0.15) is 0 Å². The Morgan fingerprint density at radius 3 is 2.44 bits per heavy atom. The molecule has 1 aliphatic carbocycles. The zero-order valence-electron chi connectivity index (χ0n) is 12.5. The van der Waals surface area contributed by atoms with Gasteiger partial charge in [0.05, 0.1) is 0 Å². The van der Waals surface area contributed by atoms with Gasteiger partial charge in [-0.25, -0.2) is 0 Å². The van der Waals surface area contributed by atoms with Gasteiger partial charge in [-0.05, 0) is 42.9 Å². The van der Waals surface area contributed by atoms with Crippen molar-refractivity contribution in [3.63, 3.8) is 0 Å². The van der Waals surface area contributed by atoms with E-state index in [0.29, 0.717) is 0 Å². The lowest BCUT2D eigenvalue weighted by atomic mass is 9.75. The zero-order chi connectivity index (χ0) is 13.4.